The van der Waals surface area contributed by atoms with Crippen LogP contribution in [0.25, 0.3) is 11.1 Å². The number of carboxylic acids is 2. The summed E-state index contributed by atoms with van der Waals surface area (Å²) in [6.45, 7) is 1.53. The summed E-state index contributed by atoms with van der Waals surface area (Å²) in [5, 5.41) is 22.5. The smallest absolute Gasteiger partial charge is 0.545 e. The molecule has 0 atom stereocenters. The zero-order valence-corrected chi connectivity index (χ0v) is 16.5. The van der Waals surface area contributed by atoms with Gasteiger partial charge in [-0.2, -0.15) is 0 Å². The second kappa shape index (κ2) is 8.17. The summed E-state index contributed by atoms with van der Waals surface area (Å²) in [4.78, 5) is 22.5. The molecule has 0 bridgehead atoms. The zero-order chi connectivity index (χ0) is 14.2. The molecule has 98 valence electrons. The van der Waals surface area contributed by atoms with Crippen LogP contribution in [0.15, 0.2) is 30.3 Å². The van der Waals surface area contributed by atoms with E-state index in [-0.39, 0.29) is 75.9 Å². The normalized spacial score (nSPS) is 9.43. The average Bonchev–Trinajstić information content (AvgIpc) is 2.63. The minimum absolute atomic E-state index is 0. The van der Waals surface area contributed by atoms with Gasteiger partial charge in [-0.3, -0.25) is 0 Å². The van der Waals surface area contributed by atoms with Gasteiger partial charge in [-0.1, -0.05) is 30.3 Å². The van der Waals surface area contributed by atoms with Gasteiger partial charge in [0.2, 0.25) is 0 Å². The standard InChI is InChI=1S/C14H13NO4.2Na/c1-8-10(13(16)17)11(9-6-4-3-5-7-9)12(14(18)19)15(8)2;;/h3-7H,1-2H3,(H,16,17)(H,18,19);;/q;2*+1/p-2. The SMILES string of the molecule is Cc1c(C(=O)[O-])c(-c2ccccc2)c(C(=O)[O-])n1C.[Na+].[Na+]. The molecule has 0 fully saturated rings. The van der Waals surface area contributed by atoms with Crippen molar-refractivity contribution in [3.63, 3.8) is 0 Å². The molecule has 0 saturated carbocycles. The summed E-state index contributed by atoms with van der Waals surface area (Å²) in [7, 11) is 1.49. The number of hydrogen-bond donors (Lipinski definition) is 0. The van der Waals surface area contributed by atoms with Crippen molar-refractivity contribution in [2.75, 3.05) is 0 Å². The number of nitrogens with zero attached hydrogens (tertiary/aromatic N) is 1. The number of aromatic carboxylic acids is 2. The largest absolute Gasteiger partial charge is 1.00 e. The van der Waals surface area contributed by atoms with Gasteiger partial charge in [0, 0.05) is 23.9 Å². The van der Waals surface area contributed by atoms with Gasteiger partial charge < -0.3 is 24.4 Å². The van der Waals surface area contributed by atoms with Crippen molar-refractivity contribution in [2.24, 2.45) is 7.05 Å². The number of carboxylic acid groups (broad SMARTS) is 2. The van der Waals surface area contributed by atoms with Gasteiger partial charge >= 0.3 is 59.1 Å². The second-order valence-corrected chi connectivity index (χ2v) is 4.18. The second-order valence-electron chi connectivity index (χ2n) is 4.18. The van der Waals surface area contributed by atoms with Gasteiger partial charge in [0.05, 0.1) is 17.6 Å². The molecule has 1 aromatic heterocycles. The average molecular weight is 303 g/mol. The van der Waals surface area contributed by atoms with Crippen LogP contribution in [0.3, 0.4) is 0 Å². The molecule has 1 aromatic carbocycles. The van der Waals surface area contributed by atoms with E-state index >= 15 is 0 Å². The van der Waals surface area contributed by atoms with Gasteiger partial charge in [0.25, 0.3) is 0 Å². The molecule has 2 aromatic rings. The van der Waals surface area contributed by atoms with E-state index in [1.807, 2.05) is 0 Å². The minimum atomic E-state index is -1.42. The van der Waals surface area contributed by atoms with E-state index in [2.05, 4.69) is 0 Å². The van der Waals surface area contributed by atoms with Crippen LogP contribution in [0.5, 0.6) is 0 Å². The first kappa shape index (κ1) is 20.4. The molecule has 7 heteroatoms. The van der Waals surface area contributed by atoms with Crippen molar-refractivity contribution in [1.29, 1.82) is 0 Å². The fourth-order valence-electron chi connectivity index (χ4n) is 2.18. The molecule has 0 spiro atoms. The Hall–Kier alpha value is -0.560. The first-order valence-electron chi connectivity index (χ1n) is 5.62. The third-order valence-electron chi connectivity index (χ3n) is 3.15. The Morgan fingerprint density at radius 2 is 1.52 bits per heavy atom. The predicted octanol–water partition coefficient (Wildman–Crippen LogP) is -6.26. The zero-order valence-electron chi connectivity index (χ0n) is 12.5. The number of aromatic nitrogens is 1. The number of rotatable bonds is 3. The Morgan fingerprint density at radius 3 is 1.95 bits per heavy atom. The number of carbonyl (C=O) groups is 2. The van der Waals surface area contributed by atoms with Crippen molar-refractivity contribution in [1.82, 2.24) is 4.57 Å². The Bertz CT molecular complexity index is 628. The van der Waals surface area contributed by atoms with Crippen LogP contribution in [0.4, 0.5) is 0 Å². The Labute approximate surface area is 166 Å². The molecule has 5 nitrogen and oxygen atoms in total. The topological polar surface area (TPSA) is 85.2 Å². The van der Waals surface area contributed by atoms with Crippen molar-refractivity contribution >= 4 is 11.9 Å². The summed E-state index contributed by atoms with van der Waals surface area (Å²) in [6.07, 6.45) is 0. The van der Waals surface area contributed by atoms with Crippen LogP contribution in [0, 0.1) is 6.92 Å². The first-order chi connectivity index (χ1) is 8.95. The van der Waals surface area contributed by atoms with Crippen LogP contribution < -0.4 is 69.3 Å². The number of carbonyl (C=O) groups excluding carboxylic acids is 2. The summed E-state index contributed by atoms with van der Waals surface area (Å²) < 4.78 is 1.29. The predicted molar refractivity (Wildman–Crippen MR) is 64.2 cm³/mol. The summed E-state index contributed by atoms with van der Waals surface area (Å²) in [5.74, 6) is -2.82. The van der Waals surface area contributed by atoms with Gasteiger partial charge in [-0.25, -0.2) is 0 Å². The third-order valence-corrected chi connectivity index (χ3v) is 3.15. The molecule has 0 saturated heterocycles. The molecule has 21 heavy (non-hydrogen) atoms. The first-order valence-corrected chi connectivity index (χ1v) is 5.62. The summed E-state index contributed by atoms with van der Waals surface area (Å²) in [6, 6.07) is 8.46. The molecule has 0 N–H and O–H groups in total. The van der Waals surface area contributed by atoms with Crippen LogP contribution >= 0.6 is 0 Å². The maximum atomic E-state index is 11.3. The van der Waals surface area contributed by atoms with E-state index in [0.29, 0.717) is 11.3 Å². The Kier molecular flexibility index (Phi) is 7.95. The van der Waals surface area contributed by atoms with E-state index in [0.717, 1.165) is 0 Å². The van der Waals surface area contributed by atoms with Crippen molar-refractivity contribution in [3.05, 3.63) is 47.3 Å². The van der Waals surface area contributed by atoms with E-state index < -0.39 is 11.9 Å². The van der Waals surface area contributed by atoms with Gasteiger partial charge in [0.1, 0.15) is 0 Å². The van der Waals surface area contributed by atoms with E-state index in [9.17, 15) is 19.8 Å². The minimum Gasteiger partial charge on any atom is -0.545 e. The van der Waals surface area contributed by atoms with Crippen LogP contribution in [0.2, 0.25) is 0 Å². The van der Waals surface area contributed by atoms with Gasteiger partial charge in [-0.15, -0.1) is 0 Å². The van der Waals surface area contributed by atoms with Crippen LogP contribution in [-0.2, 0) is 7.05 Å². The van der Waals surface area contributed by atoms with E-state index in [1.165, 1.54) is 18.5 Å². The fraction of sp³-hybridized carbons (Fsp3) is 0.143. The molecule has 1 heterocycles. The molecule has 0 radical (unpaired) electrons. The molecular formula is C14H11NNa2O4. The van der Waals surface area contributed by atoms with E-state index in [1.54, 1.807) is 30.3 Å². The number of benzene rings is 1. The summed E-state index contributed by atoms with van der Waals surface area (Å²) >= 11 is 0. The van der Waals surface area contributed by atoms with Crippen LogP contribution in [0.1, 0.15) is 26.5 Å². The monoisotopic (exact) mass is 303 g/mol. The van der Waals surface area contributed by atoms with Gasteiger partial charge in [0.15, 0.2) is 0 Å². The fourth-order valence-corrected chi connectivity index (χ4v) is 2.18. The molecule has 0 aliphatic heterocycles. The Balaban J connectivity index is 0.00000200. The summed E-state index contributed by atoms with van der Waals surface area (Å²) in [5.41, 5.74) is 0.666. The van der Waals surface area contributed by atoms with Crippen molar-refractivity contribution in [3.8, 4) is 11.1 Å². The molecule has 0 aliphatic carbocycles. The number of hydrogen-bond acceptors (Lipinski definition) is 4. The quantitative estimate of drug-likeness (QED) is 0.528. The molecule has 0 aliphatic rings. The third kappa shape index (κ3) is 3.80. The molecular weight excluding hydrogens is 292 g/mol. The molecule has 0 amide bonds. The van der Waals surface area contributed by atoms with E-state index in [4.69, 9.17) is 0 Å². The van der Waals surface area contributed by atoms with Crippen LogP contribution in [-0.4, -0.2) is 16.5 Å². The Morgan fingerprint density at radius 1 is 1.00 bits per heavy atom. The van der Waals surface area contributed by atoms with Gasteiger partial charge in [-0.05, 0) is 12.5 Å². The molecule has 0 unspecified atom stereocenters. The van der Waals surface area contributed by atoms with Crippen molar-refractivity contribution < 1.29 is 78.9 Å². The van der Waals surface area contributed by atoms with Crippen molar-refractivity contribution in [2.45, 2.75) is 6.92 Å². The maximum Gasteiger partial charge on any atom is 1.00 e. The molecule has 2 rings (SSSR count). The maximum absolute atomic E-state index is 11.3.